The second-order valence-corrected chi connectivity index (χ2v) is 13.1. The van der Waals surface area contributed by atoms with Crippen molar-refractivity contribution in [1.82, 2.24) is 4.98 Å². The van der Waals surface area contributed by atoms with Crippen molar-refractivity contribution in [1.29, 1.82) is 0 Å². The number of nitrogens with zero attached hydrogens (tertiary/aromatic N) is 1. The first kappa shape index (κ1) is 12.8. The Bertz CT molecular complexity index is 1060. The predicted octanol–water partition coefficient (Wildman–Crippen LogP) is 3.25. The van der Waals surface area contributed by atoms with E-state index in [1.54, 1.807) is 14.8 Å². The third-order valence-electron chi connectivity index (χ3n) is 4.93. The summed E-state index contributed by atoms with van der Waals surface area (Å²) in [6.07, 6.45) is 1.94. The van der Waals surface area contributed by atoms with Gasteiger partial charge in [-0.15, -0.1) is 0 Å². The minimum absolute atomic E-state index is 0.438. The van der Waals surface area contributed by atoms with E-state index in [0.717, 1.165) is 0 Å². The van der Waals surface area contributed by atoms with Gasteiger partial charge in [0.05, 0.1) is 0 Å². The predicted molar refractivity (Wildman–Crippen MR) is 98.4 cm³/mol. The molecule has 1 aliphatic rings. The number of hydrogen-bond acceptors (Lipinski definition) is 1. The molecule has 0 fully saturated rings. The van der Waals surface area contributed by atoms with Crippen molar-refractivity contribution in [2.45, 2.75) is 13.1 Å². The number of pyridine rings is 1. The molecule has 4 aromatic rings. The number of fused-ring (bicyclic) bond motifs is 2. The molecule has 0 saturated heterocycles. The maximum absolute atomic E-state index is 4.81. The molecule has 2 aromatic heterocycles. The van der Waals surface area contributed by atoms with Gasteiger partial charge in [-0.1, -0.05) is 0 Å². The van der Waals surface area contributed by atoms with E-state index in [1.165, 1.54) is 26.1 Å². The van der Waals surface area contributed by atoms with E-state index in [1.807, 2.05) is 6.20 Å². The second-order valence-electron chi connectivity index (χ2n) is 6.48. The summed E-state index contributed by atoms with van der Waals surface area (Å²) >= 11 is 0.438. The van der Waals surface area contributed by atoms with Crippen LogP contribution in [0.3, 0.4) is 0 Å². The molecule has 5 rings (SSSR count). The molecule has 0 N–H and O–H groups in total. The van der Waals surface area contributed by atoms with E-state index in [4.69, 9.17) is 4.98 Å². The van der Waals surface area contributed by atoms with Crippen molar-refractivity contribution < 1.29 is 0 Å². The summed E-state index contributed by atoms with van der Waals surface area (Å²) in [5.74, 6) is 0. The summed E-state index contributed by atoms with van der Waals surface area (Å²) in [6.45, 7) is 4.94. The molecule has 22 heavy (non-hydrogen) atoms. The summed E-state index contributed by atoms with van der Waals surface area (Å²) in [7, 11) is -1.73. The molecule has 0 aliphatic carbocycles. The summed E-state index contributed by atoms with van der Waals surface area (Å²) < 4.78 is 3.08. The van der Waals surface area contributed by atoms with Gasteiger partial charge in [-0.3, -0.25) is 0 Å². The summed E-state index contributed by atoms with van der Waals surface area (Å²) in [5.41, 5.74) is 2.56. The molecule has 0 spiro atoms. The van der Waals surface area contributed by atoms with Gasteiger partial charge in [-0.05, 0) is 0 Å². The first-order chi connectivity index (χ1) is 10.7. The molecule has 0 saturated carbocycles. The van der Waals surface area contributed by atoms with Crippen molar-refractivity contribution in [3.63, 3.8) is 0 Å². The quantitative estimate of drug-likeness (QED) is 0.437. The third-order valence-corrected chi connectivity index (χ3v) is 10.8. The summed E-state index contributed by atoms with van der Waals surface area (Å²) in [6, 6.07) is 18.2. The fourth-order valence-electron chi connectivity index (χ4n) is 3.85. The van der Waals surface area contributed by atoms with Crippen molar-refractivity contribution in [3.05, 3.63) is 54.7 Å². The molecule has 0 radical (unpaired) electrons. The van der Waals surface area contributed by atoms with Crippen LogP contribution in [0.5, 0.6) is 0 Å². The Labute approximate surface area is 136 Å². The Morgan fingerprint density at radius 3 is 2.41 bits per heavy atom. The molecule has 0 atom stereocenters. The Morgan fingerprint density at radius 2 is 1.55 bits per heavy atom. The van der Waals surface area contributed by atoms with Crippen LogP contribution in [0, 0.1) is 0 Å². The van der Waals surface area contributed by atoms with Crippen molar-refractivity contribution >= 4 is 52.2 Å². The molecule has 0 unspecified atom stereocenters. The first-order valence-electron chi connectivity index (χ1n) is 7.58. The zero-order chi connectivity index (χ0) is 14.9. The molecule has 1 aliphatic heterocycles. The molecule has 2 aromatic carbocycles. The Balaban J connectivity index is 2.15. The first-order valence-corrected chi connectivity index (χ1v) is 12.3. The zero-order valence-corrected chi connectivity index (χ0v) is 15.3. The van der Waals surface area contributed by atoms with E-state index < -0.39 is 8.07 Å². The molecule has 3 heteroatoms. The zero-order valence-electron chi connectivity index (χ0n) is 12.6. The average molecular weight is 364 g/mol. The van der Waals surface area contributed by atoms with E-state index in [2.05, 4.69) is 61.6 Å². The molecule has 1 nitrogen and oxygen atoms in total. The van der Waals surface area contributed by atoms with Crippen LogP contribution in [0.25, 0.3) is 30.6 Å². The van der Waals surface area contributed by atoms with Gasteiger partial charge < -0.3 is 0 Å². The van der Waals surface area contributed by atoms with Crippen molar-refractivity contribution in [3.8, 4) is 11.3 Å². The standard InChI is InChI=1S/C19H15NSeSi/c1-22(2)15-9-4-8-14-18(15)17-12(6-3-7-13(17)21-14)19-16(22)10-5-11-20-19/h3-11H,1-2H3. The van der Waals surface area contributed by atoms with Crippen LogP contribution in [0.2, 0.25) is 13.1 Å². The molecule has 0 bridgehead atoms. The van der Waals surface area contributed by atoms with Gasteiger partial charge in [-0.2, -0.15) is 0 Å². The van der Waals surface area contributed by atoms with Gasteiger partial charge in [0.1, 0.15) is 0 Å². The maximum atomic E-state index is 4.81. The van der Waals surface area contributed by atoms with Crippen molar-refractivity contribution in [2.24, 2.45) is 0 Å². The monoisotopic (exact) mass is 365 g/mol. The van der Waals surface area contributed by atoms with Crippen LogP contribution >= 0.6 is 0 Å². The summed E-state index contributed by atoms with van der Waals surface area (Å²) in [5, 5.41) is 6.08. The van der Waals surface area contributed by atoms with Gasteiger partial charge in [0.15, 0.2) is 0 Å². The molecule has 106 valence electrons. The molecular weight excluding hydrogens is 349 g/mol. The molecule has 3 heterocycles. The topological polar surface area (TPSA) is 12.9 Å². The van der Waals surface area contributed by atoms with E-state index in [0.29, 0.717) is 14.5 Å². The number of benzene rings is 2. The van der Waals surface area contributed by atoms with Gasteiger partial charge in [0.25, 0.3) is 0 Å². The van der Waals surface area contributed by atoms with E-state index >= 15 is 0 Å². The fourth-order valence-corrected chi connectivity index (χ4v) is 9.48. The van der Waals surface area contributed by atoms with Crippen LogP contribution in [0.4, 0.5) is 0 Å². The Hall–Kier alpha value is -1.67. The Morgan fingerprint density at radius 1 is 0.818 bits per heavy atom. The number of aromatic nitrogens is 1. The molecular formula is C19H15NSeSi. The molecule has 0 amide bonds. The van der Waals surface area contributed by atoms with Crippen LogP contribution in [0.15, 0.2) is 54.7 Å². The van der Waals surface area contributed by atoms with Gasteiger partial charge >= 0.3 is 136 Å². The fraction of sp³-hybridized carbons (Fsp3) is 0.105. The number of hydrogen-bond donors (Lipinski definition) is 0. The van der Waals surface area contributed by atoms with Gasteiger partial charge in [0, 0.05) is 0 Å². The normalized spacial score (nSPS) is 15.2. The number of rotatable bonds is 0. The average Bonchev–Trinajstić information content (AvgIpc) is 2.89. The van der Waals surface area contributed by atoms with Crippen LogP contribution < -0.4 is 10.4 Å². The SMILES string of the molecule is C[Si]1(C)c2cccnc2-c2cccc3[se]c4cccc1c4c23. The van der Waals surface area contributed by atoms with Gasteiger partial charge in [-0.25, -0.2) is 0 Å². The van der Waals surface area contributed by atoms with Crippen LogP contribution in [0.1, 0.15) is 0 Å². The third kappa shape index (κ3) is 1.46. The van der Waals surface area contributed by atoms with E-state index in [-0.39, 0.29) is 0 Å². The van der Waals surface area contributed by atoms with Crippen LogP contribution in [-0.2, 0) is 0 Å². The summed E-state index contributed by atoms with van der Waals surface area (Å²) in [4.78, 5) is 4.81. The van der Waals surface area contributed by atoms with Gasteiger partial charge in [0.2, 0.25) is 0 Å². The Kier molecular flexibility index (Phi) is 2.45. The second kappa shape index (κ2) is 4.20. The van der Waals surface area contributed by atoms with E-state index in [9.17, 15) is 0 Å². The minimum atomic E-state index is -1.73. The van der Waals surface area contributed by atoms with Crippen molar-refractivity contribution in [2.75, 3.05) is 0 Å². The van der Waals surface area contributed by atoms with Crippen LogP contribution in [-0.4, -0.2) is 27.6 Å².